The predicted molar refractivity (Wildman–Crippen MR) is 92.6 cm³/mol. The third kappa shape index (κ3) is 4.21. The molecule has 1 aromatic carbocycles. The van der Waals surface area contributed by atoms with E-state index < -0.39 is 0 Å². The average Bonchev–Trinajstić information content (AvgIpc) is 3.02. The SMILES string of the molecule is COc1ccc(CCO[C@@H]2CCCC[C@H]2N2CC[C@@H](O)C2)cc1O. The fraction of sp³-hybridized carbons (Fsp3) is 0.684. The van der Waals surface area contributed by atoms with Crippen LogP contribution >= 0.6 is 0 Å². The van der Waals surface area contributed by atoms with Crippen molar-refractivity contribution in [3.63, 3.8) is 0 Å². The molecule has 1 aliphatic carbocycles. The first-order valence-corrected chi connectivity index (χ1v) is 9.07. The summed E-state index contributed by atoms with van der Waals surface area (Å²) in [5.74, 6) is 0.677. The highest BCUT2D eigenvalue weighted by atomic mass is 16.5. The van der Waals surface area contributed by atoms with Crippen molar-refractivity contribution in [1.29, 1.82) is 0 Å². The number of β-amino-alcohol motifs (C(OH)–C–C–N with tert-alkyl or cyclic N) is 1. The second-order valence-corrected chi connectivity index (χ2v) is 6.95. The molecule has 1 aliphatic heterocycles. The van der Waals surface area contributed by atoms with E-state index in [1.165, 1.54) is 19.3 Å². The third-order valence-electron chi connectivity index (χ3n) is 5.30. The highest BCUT2D eigenvalue weighted by Crippen LogP contribution is 2.29. The summed E-state index contributed by atoms with van der Waals surface area (Å²) in [6, 6.07) is 5.95. The molecule has 24 heavy (non-hydrogen) atoms. The second-order valence-electron chi connectivity index (χ2n) is 6.95. The summed E-state index contributed by atoms with van der Waals surface area (Å²) in [4.78, 5) is 2.41. The van der Waals surface area contributed by atoms with Crippen molar-refractivity contribution in [1.82, 2.24) is 4.90 Å². The maximum absolute atomic E-state index is 9.85. The standard InChI is InChI=1S/C19H29NO4/c1-23-19-7-6-14(12-17(19)22)9-11-24-18-5-3-2-4-16(18)20-10-8-15(21)13-20/h6-7,12,15-16,18,21-22H,2-5,8-11,13H2,1H3/t15-,16-,18-/m1/s1. The lowest BCUT2D eigenvalue weighted by molar-refractivity contribution is -0.0316. The first-order chi connectivity index (χ1) is 11.7. The largest absolute Gasteiger partial charge is 0.504 e. The zero-order valence-corrected chi connectivity index (χ0v) is 14.5. The van der Waals surface area contributed by atoms with Crippen LogP contribution in [-0.4, -0.2) is 60.2 Å². The Balaban J connectivity index is 1.51. The van der Waals surface area contributed by atoms with Crippen molar-refractivity contribution >= 4 is 0 Å². The Morgan fingerprint density at radius 2 is 2.04 bits per heavy atom. The minimum absolute atomic E-state index is 0.171. The van der Waals surface area contributed by atoms with Crippen LogP contribution in [0.15, 0.2) is 18.2 Å². The zero-order chi connectivity index (χ0) is 16.9. The van der Waals surface area contributed by atoms with Gasteiger partial charge in [0.1, 0.15) is 0 Å². The predicted octanol–water partition coefficient (Wildman–Crippen LogP) is 2.34. The smallest absolute Gasteiger partial charge is 0.160 e. The number of aromatic hydroxyl groups is 1. The van der Waals surface area contributed by atoms with Crippen LogP contribution in [-0.2, 0) is 11.2 Å². The van der Waals surface area contributed by atoms with E-state index in [0.717, 1.165) is 37.9 Å². The van der Waals surface area contributed by atoms with Crippen molar-refractivity contribution in [2.24, 2.45) is 0 Å². The van der Waals surface area contributed by atoms with E-state index in [1.807, 2.05) is 6.07 Å². The molecule has 3 rings (SSSR count). The molecular weight excluding hydrogens is 306 g/mol. The van der Waals surface area contributed by atoms with Crippen molar-refractivity contribution in [2.75, 3.05) is 26.8 Å². The summed E-state index contributed by atoms with van der Waals surface area (Å²) >= 11 is 0. The van der Waals surface area contributed by atoms with E-state index in [4.69, 9.17) is 9.47 Å². The van der Waals surface area contributed by atoms with Crippen molar-refractivity contribution < 1.29 is 19.7 Å². The summed E-state index contributed by atoms with van der Waals surface area (Å²) in [5, 5.41) is 19.6. The van der Waals surface area contributed by atoms with Crippen LogP contribution in [0.5, 0.6) is 11.5 Å². The number of nitrogens with zero attached hydrogens (tertiary/aromatic N) is 1. The number of phenolic OH excluding ortho intramolecular Hbond substituents is 1. The fourth-order valence-corrected chi connectivity index (χ4v) is 3.98. The number of phenols is 1. The lowest BCUT2D eigenvalue weighted by atomic mass is 9.91. The second kappa shape index (κ2) is 8.19. The van der Waals surface area contributed by atoms with Gasteiger partial charge in [-0.1, -0.05) is 18.9 Å². The average molecular weight is 335 g/mol. The number of hydrogen-bond acceptors (Lipinski definition) is 5. The zero-order valence-electron chi connectivity index (χ0n) is 14.5. The number of likely N-dealkylation sites (tertiary alicyclic amines) is 1. The van der Waals surface area contributed by atoms with Crippen LogP contribution in [0.1, 0.15) is 37.7 Å². The number of benzene rings is 1. The van der Waals surface area contributed by atoms with Gasteiger partial charge in [-0.3, -0.25) is 4.90 Å². The summed E-state index contributed by atoms with van der Waals surface area (Å²) in [6.45, 7) is 2.43. The molecule has 1 saturated heterocycles. The van der Waals surface area contributed by atoms with E-state index >= 15 is 0 Å². The highest BCUT2D eigenvalue weighted by Gasteiger charge is 2.34. The number of aliphatic hydroxyl groups excluding tert-OH is 1. The Morgan fingerprint density at radius 3 is 2.75 bits per heavy atom. The molecule has 5 heteroatoms. The van der Waals surface area contributed by atoms with E-state index in [0.29, 0.717) is 18.4 Å². The summed E-state index contributed by atoms with van der Waals surface area (Å²) < 4.78 is 11.3. The van der Waals surface area contributed by atoms with Gasteiger partial charge in [0, 0.05) is 19.1 Å². The Kier molecular flexibility index (Phi) is 5.98. The molecule has 2 N–H and O–H groups in total. The van der Waals surface area contributed by atoms with Gasteiger partial charge in [-0.25, -0.2) is 0 Å². The third-order valence-corrected chi connectivity index (χ3v) is 5.30. The van der Waals surface area contributed by atoms with Gasteiger partial charge in [0.05, 0.1) is 25.9 Å². The number of ether oxygens (including phenoxy) is 2. The molecule has 2 fully saturated rings. The lowest BCUT2D eigenvalue weighted by Gasteiger charge is -2.37. The Labute approximate surface area is 144 Å². The van der Waals surface area contributed by atoms with Crippen LogP contribution < -0.4 is 4.74 Å². The van der Waals surface area contributed by atoms with Crippen LogP contribution in [0, 0.1) is 0 Å². The number of rotatable bonds is 6. The number of methoxy groups -OCH3 is 1. The maximum atomic E-state index is 9.85. The van der Waals surface area contributed by atoms with Crippen molar-refractivity contribution in [2.45, 2.75) is 56.8 Å². The molecule has 0 spiro atoms. The molecule has 0 radical (unpaired) electrons. The van der Waals surface area contributed by atoms with Gasteiger partial charge in [-0.2, -0.15) is 0 Å². The number of hydrogen-bond donors (Lipinski definition) is 2. The van der Waals surface area contributed by atoms with Gasteiger partial charge >= 0.3 is 0 Å². The normalized spacial score (nSPS) is 28.2. The van der Waals surface area contributed by atoms with E-state index in [-0.39, 0.29) is 18.0 Å². The van der Waals surface area contributed by atoms with E-state index in [9.17, 15) is 10.2 Å². The summed E-state index contributed by atoms with van der Waals surface area (Å²) in [5.41, 5.74) is 1.05. The summed E-state index contributed by atoms with van der Waals surface area (Å²) in [7, 11) is 1.55. The van der Waals surface area contributed by atoms with Gasteiger partial charge < -0.3 is 19.7 Å². The molecule has 0 unspecified atom stereocenters. The molecule has 0 aromatic heterocycles. The molecule has 1 heterocycles. The Morgan fingerprint density at radius 1 is 1.21 bits per heavy atom. The molecular formula is C19H29NO4. The topological polar surface area (TPSA) is 62.2 Å². The first-order valence-electron chi connectivity index (χ1n) is 9.07. The quantitative estimate of drug-likeness (QED) is 0.835. The Hall–Kier alpha value is -1.30. The molecule has 0 amide bonds. The number of aliphatic hydroxyl groups is 1. The van der Waals surface area contributed by atoms with Gasteiger partial charge in [-0.05, 0) is 43.4 Å². The van der Waals surface area contributed by atoms with Gasteiger partial charge in [0.15, 0.2) is 11.5 Å². The summed E-state index contributed by atoms with van der Waals surface area (Å²) in [6.07, 6.45) is 6.50. The maximum Gasteiger partial charge on any atom is 0.160 e. The molecule has 0 bridgehead atoms. The molecule has 5 nitrogen and oxygen atoms in total. The molecule has 1 saturated carbocycles. The lowest BCUT2D eigenvalue weighted by Crippen LogP contribution is -2.46. The minimum atomic E-state index is -0.171. The van der Waals surface area contributed by atoms with Gasteiger partial charge in [0.25, 0.3) is 0 Å². The molecule has 2 aliphatic rings. The highest BCUT2D eigenvalue weighted by molar-refractivity contribution is 5.41. The Bertz CT molecular complexity index is 536. The molecule has 134 valence electrons. The van der Waals surface area contributed by atoms with Crippen molar-refractivity contribution in [3.05, 3.63) is 23.8 Å². The van der Waals surface area contributed by atoms with Crippen LogP contribution in [0.25, 0.3) is 0 Å². The molecule has 1 aromatic rings. The van der Waals surface area contributed by atoms with Crippen LogP contribution in [0.2, 0.25) is 0 Å². The van der Waals surface area contributed by atoms with Crippen molar-refractivity contribution in [3.8, 4) is 11.5 Å². The van der Waals surface area contributed by atoms with Crippen LogP contribution in [0.3, 0.4) is 0 Å². The monoisotopic (exact) mass is 335 g/mol. The fourth-order valence-electron chi connectivity index (χ4n) is 3.98. The first kappa shape index (κ1) is 17.5. The van der Waals surface area contributed by atoms with E-state index in [2.05, 4.69) is 4.90 Å². The minimum Gasteiger partial charge on any atom is -0.504 e. The van der Waals surface area contributed by atoms with Crippen LogP contribution in [0.4, 0.5) is 0 Å². The van der Waals surface area contributed by atoms with E-state index in [1.54, 1.807) is 19.2 Å². The van der Waals surface area contributed by atoms with Gasteiger partial charge in [0.2, 0.25) is 0 Å². The molecule has 3 atom stereocenters. The van der Waals surface area contributed by atoms with Gasteiger partial charge in [-0.15, -0.1) is 0 Å².